The molecule has 6 heterocycles. The molecule has 0 saturated carbocycles. The Morgan fingerprint density at radius 3 is 1.84 bits per heavy atom. The normalized spacial score (nSPS) is 20.2. The first-order valence-corrected chi connectivity index (χ1v) is 10.1. The van der Waals surface area contributed by atoms with Crippen molar-refractivity contribution in [3.63, 3.8) is 0 Å². The molecule has 1 aromatic heterocycles. The molecule has 0 aromatic carbocycles. The summed E-state index contributed by atoms with van der Waals surface area (Å²) in [5.74, 6) is 0. The van der Waals surface area contributed by atoms with Gasteiger partial charge in [0.1, 0.15) is 0 Å². The first kappa shape index (κ1) is 20.4. The predicted octanol–water partition coefficient (Wildman–Crippen LogP) is 4.74. The molecule has 5 aliphatic heterocycles. The molecule has 5 aliphatic rings. The first-order valence-electron chi connectivity index (χ1n) is 10.1. The van der Waals surface area contributed by atoms with Gasteiger partial charge in [-0.25, -0.2) is 20.0 Å². The summed E-state index contributed by atoms with van der Waals surface area (Å²) in [5.41, 5.74) is 9.94. The molecule has 0 spiro atoms. The van der Waals surface area contributed by atoms with Gasteiger partial charge < -0.3 is 2.85 Å². The molecule has 0 radical (unpaired) electrons. The molecule has 0 fully saturated rings. The van der Waals surface area contributed by atoms with Crippen molar-refractivity contribution in [3.05, 3.63) is 119 Å². The minimum Gasteiger partial charge on any atom is -1.00 e. The molecule has 8 bridgehead atoms. The van der Waals surface area contributed by atoms with Gasteiger partial charge in [-0.05, 0) is 85.4 Å². The fourth-order valence-corrected chi connectivity index (χ4v) is 3.92. The fraction of sp³-hybridized carbons (Fsp3) is 0.0385. The van der Waals surface area contributed by atoms with Crippen LogP contribution in [0.15, 0.2) is 133 Å². The van der Waals surface area contributed by atoms with Crippen LogP contribution in [0, 0.1) is 0 Å². The number of aliphatic imine (C=N–C) groups is 4. The van der Waals surface area contributed by atoms with E-state index in [4.69, 9.17) is 15.0 Å². The fourth-order valence-electron chi connectivity index (χ4n) is 3.92. The van der Waals surface area contributed by atoms with E-state index in [1.165, 1.54) is 0 Å². The van der Waals surface area contributed by atoms with Gasteiger partial charge in [0.2, 0.25) is 0 Å². The van der Waals surface area contributed by atoms with Crippen molar-refractivity contribution in [2.24, 2.45) is 20.0 Å². The van der Waals surface area contributed by atoms with Gasteiger partial charge in [-0.1, -0.05) is 6.07 Å². The molecule has 6 heteroatoms. The Kier molecular flexibility index (Phi) is 5.25. The predicted molar refractivity (Wildman–Crippen MR) is 134 cm³/mol. The van der Waals surface area contributed by atoms with E-state index in [1.54, 1.807) is 6.20 Å². The third-order valence-electron chi connectivity index (χ3n) is 5.39. The van der Waals surface area contributed by atoms with Crippen LogP contribution in [-0.4, -0.2) is 50.9 Å². The smallest absolute Gasteiger partial charge is 1.00 e. The molecule has 0 unspecified atom stereocenters. The molecule has 1 aromatic rings. The third kappa shape index (κ3) is 3.79. The summed E-state index contributed by atoms with van der Waals surface area (Å²) >= 11 is 0. The van der Waals surface area contributed by atoms with E-state index in [9.17, 15) is 0 Å². The van der Waals surface area contributed by atoms with Crippen LogP contribution >= 0.6 is 0 Å². The number of allylic oxidation sites excluding steroid dienone is 12. The van der Waals surface area contributed by atoms with Crippen molar-refractivity contribution in [2.75, 3.05) is 0 Å². The minimum absolute atomic E-state index is 0. The summed E-state index contributed by atoms with van der Waals surface area (Å²) < 4.78 is 0. The van der Waals surface area contributed by atoms with Crippen molar-refractivity contribution < 1.29 is 2.85 Å². The average molecular weight is 426 g/mol. The number of fused-ring (bicyclic) bond motifs is 4. The van der Waals surface area contributed by atoms with E-state index in [-0.39, 0.29) is 25.9 Å². The monoisotopic (exact) mass is 425 g/mol. The Labute approximate surface area is 205 Å². The van der Waals surface area contributed by atoms with Crippen LogP contribution < -0.4 is 0 Å². The molecule has 150 valence electrons. The van der Waals surface area contributed by atoms with E-state index in [0.29, 0.717) is 0 Å². The van der Waals surface area contributed by atoms with Crippen LogP contribution in [-0.2, 0) is 0 Å². The molecule has 0 aliphatic carbocycles. The second kappa shape index (κ2) is 8.22. The zero-order chi connectivity index (χ0) is 20.8. The molecule has 6 rings (SSSR count). The molecular weight excluding hydrogens is 407 g/mol. The Balaban J connectivity index is 0.00000108. The summed E-state index contributed by atoms with van der Waals surface area (Å²) in [6.45, 7) is 2.08. The van der Waals surface area contributed by atoms with Gasteiger partial charge >= 0.3 is 23.1 Å². The maximum Gasteiger partial charge on any atom is 2.00 e. The second-order valence-corrected chi connectivity index (χ2v) is 7.56. The van der Waals surface area contributed by atoms with E-state index in [1.807, 2.05) is 79.0 Å². The van der Waals surface area contributed by atoms with E-state index in [0.717, 1.165) is 62.5 Å². The zero-order valence-corrected chi connectivity index (χ0v) is 18.9. The summed E-state index contributed by atoms with van der Waals surface area (Å²) in [7, 11) is 0. The molecule has 0 amide bonds. The number of hydrogen-bond donors (Lipinski definition) is 0. The van der Waals surface area contributed by atoms with Gasteiger partial charge in [-0.3, -0.25) is 4.98 Å². The SMILES string of the molecule is CC1=C(c2ccccn2)C2=CC3=NC(=CC4=NC(=CC5=NC(=CC1=N2)C=C5)C=C4)C=C3.[H-].[H-].[Mg+2]. The van der Waals surface area contributed by atoms with Crippen LogP contribution in [0.4, 0.5) is 0 Å². The summed E-state index contributed by atoms with van der Waals surface area (Å²) in [6.07, 6.45) is 21.8. The van der Waals surface area contributed by atoms with E-state index in [2.05, 4.69) is 16.9 Å². The zero-order valence-electron chi connectivity index (χ0n) is 19.5. The van der Waals surface area contributed by atoms with Crippen molar-refractivity contribution in [1.82, 2.24) is 4.98 Å². The quantitative estimate of drug-likeness (QED) is 0.600. The molecule has 0 saturated heterocycles. The molecule has 0 N–H and O–H groups in total. The standard InChI is InChI=1S/C26H17N5.Mg.2H/c1-16-24-14-21-9-7-19(29-21)12-17-5-6-18(28-17)13-20-8-10-22(30-20)15-25(31-24)26(16)23-4-2-3-11-27-23;;;/h2-15H,1H3;;;/q;+2;2*-1. The molecule has 5 nitrogen and oxygen atoms in total. The largest absolute Gasteiger partial charge is 2.00 e. The van der Waals surface area contributed by atoms with Crippen molar-refractivity contribution in [1.29, 1.82) is 0 Å². The van der Waals surface area contributed by atoms with E-state index < -0.39 is 0 Å². The molecule has 32 heavy (non-hydrogen) atoms. The Morgan fingerprint density at radius 1 is 0.656 bits per heavy atom. The first-order chi connectivity index (χ1) is 15.2. The Hall–Kier alpha value is -3.48. The van der Waals surface area contributed by atoms with Gasteiger partial charge in [0.15, 0.2) is 0 Å². The Bertz CT molecular complexity index is 1410. The van der Waals surface area contributed by atoms with Crippen molar-refractivity contribution in [2.45, 2.75) is 6.92 Å². The summed E-state index contributed by atoms with van der Waals surface area (Å²) in [6, 6.07) is 5.92. The summed E-state index contributed by atoms with van der Waals surface area (Å²) in [5, 5.41) is 0. The van der Waals surface area contributed by atoms with Crippen LogP contribution in [0.1, 0.15) is 15.5 Å². The molecular formula is C26H19MgN5. The van der Waals surface area contributed by atoms with Gasteiger partial charge in [0, 0.05) is 11.8 Å². The summed E-state index contributed by atoms with van der Waals surface area (Å²) in [4.78, 5) is 23.6. The van der Waals surface area contributed by atoms with Crippen LogP contribution in [0.5, 0.6) is 0 Å². The maximum atomic E-state index is 4.93. The third-order valence-corrected chi connectivity index (χ3v) is 5.39. The number of rotatable bonds is 1. The van der Waals surface area contributed by atoms with Crippen LogP contribution in [0.25, 0.3) is 5.57 Å². The van der Waals surface area contributed by atoms with Gasteiger partial charge in [0.05, 0.1) is 51.3 Å². The molecule has 0 atom stereocenters. The maximum absolute atomic E-state index is 4.93. The Morgan fingerprint density at radius 2 is 1.25 bits per heavy atom. The number of pyridine rings is 1. The average Bonchev–Trinajstić information content (AvgIpc) is 3.55. The van der Waals surface area contributed by atoms with Gasteiger partial charge in [-0.2, -0.15) is 0 Å². The second-order valence-electron chi connectivity index (χ2n) is 7.56. The van der Waals surface area contributed by atoms with Crippen molar-refractivity contribution in [3.8, 4) is 0 Å². The van der Waals surface area contributed by atoms with Gasteiger partial charge in [0.25, 0.3) is 0 Å². The number of nitrogens with zero attached hydrogens (tertiary/aromatic N) is 5. The van der Waals surface area contributed by atoms with Crippen molar-refractivity contribution >= 4 is 51.5 Å². The minimum atomic E-state index is 0. The topological polar surface area (TPSA) is 62.3 Å². The number of aromatic nitrogens is 1. The van der Waals surface area contributed by atoms with Gasteiger partial charge in [-0.15, -0.1) is 0 Å². The van der Waals surface area contributed by atoms with Crippen LogP contribution in [0.2, 0.25) is 0 Å². The van der Waals surface area contributed by atoms with E-state index >= 15 is 0 Å². The number of hydrogen-bond acceptors (Lipinski definition) is 5. The van der Waals surface area contributed by atoms with Crippen LogP contribution in [0.3, 0.4) is 0 Å².